The summed E-state index contributed by atoms with van der Waals surface area (Å²) < 4.78 is 26.1. The van der Waals surface area contributed by atoms with Crippen LogP contribution in [0.5, 0.6) is 23.0 Å². The van der Waals surface area contributed by atoms with E-state index in [2.05, 4.69) is 102 Å². The second-order valence-electron chi connectivity index (χ2n) is 16.9. The molecule has 290 valence electrons. The van der Waals surface area contributed by atoms with Crippen LogP contribution in [0.2, 0.25) is 5.04 Å². The lowest BCUT2D eigenvalue weighted by Gasteiger charge is -2.48. The molecule has 2 atom stereocenters. The molecule has 0 radical (unpaired) electrons. The SMILES string of the molecule is COc1cc(OCc2ccccc2)c2c(c1)[C@H](CC1=C(C)[C@H](O[Si](c3ccccc3)(c3ccccc3)C(C)(C)C)CCC1(C)C)c1c(OC)ccc(O)c1C2=O. The summed E-state index contributed by atoms with van der Waals surface area (Å²) in [7, 11) is 0.373. The zero-order valence-corrected chi connectivity index (χ0v) is 34.9. The van der Waals surface area contributed by atoms with E-state index in [9.17, 15) is 9.90 Å². The molecule has 0 bridgehead atoms. The Kier molecular flexibility index (Phi) is 10.8. The summed E-state index contributed by atoms with van der Waals surface area (Å²) in [5, 5.41) is 13.8. The second kappa shape index (κ2) is 15.4. The molecule has 0 fully saturated rings. The van der Waals surface area contributed by atoms with Crippen LogP contribution < -0.4 is 24.6 Å². The van der Waals surface area contributed by atoms with E-state index in [-0.39, 0.29) is 46.2 Å². The molecule has 0 spiro atoms. The molecule has 7 rings (SSSR count). The van der Waals surface area contributed by atoms with Gasteiger partial charge in [-0.25, -0.2) is 0 Å². The molecule has 5 aromatic rings. The molecule has 2 aliphatic carbocycles. The Bertz CT molecular complexity index is 2200. The van der Waals surface area contributed by atoms with Crippen molar-refractivity contribution < 1.29 is 28.5 Å². The van der Waals surface area contributed by atoms with Gasteiger partial charge in [0.05, 0.1) is 31.5 Å². The summed E-state index contributed by atoms with van der Waals surface area (Å²) in [6, 6.07) is 38.6. The molecule has 6 nitrogen and oxygen atoms in total. The minimum Gasteiger partial charge on any atom is -0.507 e. The summed E-state index contributed by atoms with van der Waals surface area (Å²) in [5.41, 5.74) is 5.47. The predicted molar refractivity (Wildman–Crippen MR) is 227 cm³/mol. The zero-order valence-electron chi connectivity index (χ0n) is 33.9. The Hall–Kier alpha value is -5.11. The van der Waals surface area contributed by atoms with Crippen molar-refractivity contribution in [1.29, 1.82) is 0 Å². The van der Waals surface area contributed by atoms with E-state index < -0.39 is 8.32 Å². The summed E-state index contributed by atoms with van der Waals surface area (Å²) in [6.45, 7) is 14.1. The number of hydrogen-bond donors (Lipinski definition) is 1. The highest BCUT2D eigenvalue weighted by Crippen LogP contribution is 2.54. The van der Waals surface area contributed by atoms with Crippen LogP contribution in [0, 0.1) is 5.41 Å². The minimum atomic E-state index is -2.88. The molecule has 56 heavy (non-hydrogen) atoms. The third-order valence-corrected chi connectivity index (χ3v) is 17.2. The van der Waals surface area contributed by atoms with E-state index in [0.717, 1.165) is 24.0 Å². The van der Waals surface area contributed by atoms with E-state index in [0.29, 0.717) is 34.8 Å². The van der Waals surface area contributed by atoms with Crippen molar-refractivity contribution >= 4 is 24.5 Å². The molecular formula is C49H54O6Si. The van der Waals surface area contributed by atoms with Crippen LogP contribution in [0.3, 0.4) is 0 Å². The average molecular weight is 767 g/mol. The summed E-state index contributed by atoms with van der Waals surface area (Å²) in [6.07, 6.45) is 2.26. The van der Waals surface area contributed by atoms with Crippen LogP contribution in [0.1, 0.15) is 99.3 Å². The van der Waals surface area contributed by atoms with Gasteiger partial charge >= 0.3 is 0 Å². The highest BCUT2D eigenvalue weighted by molar-refractivity contribution is 6.99. The van der Waals surface area contributed by atoms with Crippen LogP contribution in [0.25, 0.3) is 0 Å². The molecule has 5 aromatic carbocycles. The lowest BCUT2D eigenvalue weighted by Crippen LogP contribution is -2.68. The Balaban J connectivity index is 1.39. The molecule has 0 saturated heterocycles. The Morgan fingerprint density at radius 3 is 1.96 bits per heavy atom. The number of ketones is 1. The minimum absolute atomic E-state index is 0.0761. The van der Waals surface area contributed by atoms with Crippen LogP contribution in [-0.4, -0.2) is 39.5 Å². The first-order valence-corrected chi connectivity index (χ1v) is 21.5. The van der Waals surface area contributed by atoms with Crippen LogP contribution in [0.15, 0.2) is 126 Å². The summed E-state index contributed by atoms with van der Waals surface area (Å²) in [5.74, 6) is 0.844. The molecule has 0 amide bonds. The first-order valence-electron chi connectivity index (χ1n) is 19.6. The quantitative estimate of drug-likeness (QED) is 0.107. The standard InChI is InChI=1S/C49H54O6Si/c1-32-39(49(5,6)27-26-41(32)55-56(48(2,3)4,35-20-14-10-15-21-35)36-22-16-11-17-23-36)30-38-37-28-34(52-7)29-43(54-31-33-18-12-9-13-19-33)45(37)47(51)46-40(50)24-25-42(53-8)44(38)46/h9-25,28-29,38,41,50H,26-27,30-31H2,1-8H3/t38-,41+/m0/s1. The maximum atomic E-state index is 14.7. The number of ether oxygens (including phenoxy) is 3. The molecule has 0 saturated carbocycles. The number of phenolic OH excluding ortho intramolecular Hbond substituents is 1. The number of carbonyl (C=O) groups excluding carboxylic acids is 1. The number of rotatable bonds is 11. The van der Waals surface area contributed by atoms with E-state index in [1.807, 2.05) is 36.4 Å². The number of aromatic hydroxyl groups is 1. The van der Waals surface area contributed by atoms with E-state index in [1.54, 1.807) is 32.4 Å². The monoisotopic (exact) mass is 766 g/mol. The molecule has 0 unspecified atom stereocenters. The van der Waals surface area contributed by atoms with Gasteiger partial charge < -0.3 is 23.7 Å². The maximum absolute atomic E-state index is 14.7. The van der Waals surface area contributed by atoms with Gasteiger partial charge in [0.2, 0.25) is 5.78 Å². The lowest BCUT2D eigenvalue weighted by molar-refractivity contribution is 0.102. The van der Waals surface area contributed by atoms with E-state index in [1.165, 1.54) is 21.5 Å². The van der Waals surface area contributed by atoms with Crippen LogP contribution >= 0.6 is 0 Å². The van der Waals surface area contributed by atoms with Crippen molar-refractivity contribution in [2.75, 3.05) is 14.2 Å². The van der Waals surface area contributed by atoms with Gasteiger partial charge in [-0.2, -0.15) is 0 Å². The third kappa shape index (κ3) is 6.96. The molecular weight excluding hydrogens is 713 g/mol. The number of fused-ring (bicyclic) bond motifs is 2. The van der Waals surface area contributed by atoms with Crippen molar-refractivity contribution in [3.63, 3.8) is 0 Å². The van der Waals surface area contributed by atoms with Crippen molar-refractivity contribution in [1.82, 2.24) is 0 Å². The first kappa shape index (κ1) is 39.1. The molecule has 1 N–H and O–H groups in total. The van der Waals surface area contributed by atoms with Crippen LogP contribution in [0.4, 0.5) is 0 Å². The smallest absolute Gasteiger partial charge is 0.261 e. The van der Waals surface area contributed by atoms with E-state index in [4.69, 9.17) is 18.6 Å². The number of phenols is 1. The maximum Gasteiger partial charge on any atom is 0.261 e. The molecule has 7 heteroatoms. The average Bonchev–Trinajstić information content (AvgIpc) is 3.19. The number of allylic oxidation sites excluding steroid dienone is 1. The Labute approximate surface area is 333 Å². The highest BCUT2D eigenvalue weighted by atomic mass is 28.4. The van der Waals surface area contributed by atoms with Crippen molar-refractivity contribution in [3.8, 4) is 23.0 Å². The summed E-state index contributed by atoms with van der Waals surface area (Å²) in [4.78, 5) is 14.7. The number of methoxy groups -OCH3 is 2. The predicted octanol–water partition coefficient (Wildman–Crippen LogP) is 10.1. The second-order valence-corrected chi connectivity index (χ2v) is 21.1. The van der Waals surface area contributed by atoms with E-state index >= 15 is 0 Å². The largest absolute Gasteiger partial charge is 0.507 e. The Morgan fingerprint density at radius 2 is 1.39 bits per heavy atom. The van der Waals surface area contributed by atoms with Crippen molar-refractivity contribution in [2.24, 2.45) is 5.41 Å². The zero-order chi connectivity index (χ0) is 39.8. The number of carbonyl (C=O) groups is 1. The van der Waals surface area contributed by atoms with Gasteiger partial charge in [-0.1, -0.05) is 131 Å². The molecule has 0 aliphatic heterocycles. The Morgan fingerprint density at radius 1 is 0.786 bits per heavy atom. The van der Waals surface area contributed by atoms with Gasteiger partial charge in [0.25, 0.3) is 8.32 Å². The van der Waals surface area contributed by atoms with Gasteiger partial charge in [0.1, 0.15) is 29.6 Å². The topological polar surface area (TPSA) is 74.2 Å². The fourth-order valence-electron chi connectivity index (χ4n) is 9.22. The lowest BCUT2D eigenvalue weighted by atomic mass is 9.65. The first-order chi connectivity index (χ1) is 26.8. The molecule has 0 aromatic heterocycles. The third-order valence-electron chi connectivity index (χ3n) is 12.1. The van der Waals surface area contributed by atoms with Gasteiger partial charge in [-0.3, -0.25) is 4.79 Å². The number of hydrogen-bond acceptors (Lipinski definition) is 6. The number of benzene rings is 5. The van der Waals surface area contributed by atoms with Gasteiger partial charge in [0, 0.05) is 17.5 Å². The molecule has 2 aliphatic rings. The fourth-order valence-corrected chi connectivity index (χ4v) is 14.0. The molecule has 0 heterocycles. The van der Waals surface area contributed by atoms with Gasteiger partial charge in [-0.05, 0) is 81.9 Å². The van der Waals surface area contributed by atoms with Crippen molar-refractivity contribution in [3.05, 3.63) is 154 Å². The van der Waals surface area contributed by atoms with Gasteiger partial charge in [-0.15, -0.1) is 0 Å². The normalized spacial score (nSPS) is 17.9. The highest BCUT2D eigenvalue weighted by Gasteiger charge is 2.52. The van der Waals surface area contributed by atoms with Crippen molar-refractivity contribution in [2.45, 2.75) is 84.5 Å². The summed E-state index contributed by atoms with van der Waals surface area (Å²) >= 11 is 0. The van der Waals surface area contributed by atoms with Crippen LogP contribution in [-0.2, 0) is 11.0 Å². The van der Waals surface area contributed by atoms with Gasteiger partial charge in [0.15, 0.2) is 0 Å². The fraction of sp³-hybridized carbons (Fsp3) is 0.327.